The molecule has 0 N–H and O–H groups in total. The second kappa shape index (κ2) is 12.3. The number of rotatable bonds is 13. The summed E-state index contributed by atoms with van der Waals surface area (Å²) in [5.74, 6) is 0.419. The number of amides is 1. The summed E-state index contributed by atoms with van der Waals surface area (Å²) >= 11 is 1.42. The molecule has 1 aromatic heterocycles. The van der Waals surface area contributed by atoms with Crippen molar-refractivity contribution < 1.29 is 17.9 Å². The first kappa shape index (κ1) is 27.5. The highest BCUT2D eigenvalue weighted by Crippen LogP contribution is 2.35. The summed E-state index contributed by atoms with van der Waals surface area (Å²) in [6.45, 7) is 11.1. The van der Waals surface area contributed by atoms with Crippen molar-refractivity contribution in [3.8, 4) is 5.75 Å². The van der Waals surface area contributed by atoms with E-state index in [1.54, 1.807) is 4.90 Å². The van der Waals surface area contributed by atoms with Gasteiger partial charge in [-0.25, -0.2) is 13.4 Å². The van der Waals surface area contributed by atoms with Gasteiger partial charge in [-0.2, -0.15) is 4.31 Å². The Bertz CT molecular complexity index is 1310. The van der Waals surface area contributed by atoms with Gasteiger partial charge in [-0.05, 0) is 57.4 Å². The van der Waals surface area contributed by atoms with Gasteiger partial charge < -0.3 is 9.64 Å². The summed E-state index contributed by atoms with van der Waals surface area (Å²) in [6.07, 6.45) is 3.05. The van der Waals surface area contributed by atoms with Crippen LogP contribution in [-0.2, 0) is 10.0 Å². The van der Waals surface area contributed by atoms with Crippen molar-refractivity contribution in [2.45, 2.75) is 11.8 Å². The van der Waals surface area contributed by atoms with Crippen molar-refractivity contribution >= 4 is 42.6 Å². The Kier molecular flexibility index (Phi) is 9.38. The van der Waals surface area contributed by atoms with Crippen molar-refractivity contribution in [1.29, 1.82) is 0 Å². The number of para-hydroxylation sites is 1. The van der Waals surface area contributed by atoms with Gasteiger partial charge in [-0.1, -0.05) is 29.6 Å². The smallest absolute Gasteiger partial charge is 0.260 e. The number of likely N-dealkylation sites (N-methyl/N-ethyl adjacent to an activating group) is 1. The predicted molar refractivity (Wildman–Crippen MR) is 147 cm³/mol. The Labute approximate surface area is 217 Å². The SMILES string of the molecule is C=CCN(CC=C)S(=O)(=O)c1ccc(C(=O)N(CCN(C)C)c2nc3c(OCC)cccc3s2)cc1. The first-order valence-corrected chi connectivity index (χ1v) is 13.8. The standard InChI is InChI=1S/C26H32N4O4S2/c1-6-16-29(17-7-2)36(32,33)21-14-12-20(13-15-21)25(31)30(19-18-28(4)5)26-27-24-22(34-8-3)10-9-11-23(24)35-26/h6-7,9-15H,1-2,8,16-19H2,3-5H3. The van der Waals surface area contributed by atoms with Crippen LogP contribution in [-0.4, -0.2) is 75.4 Å². The minimum absolute atomic E-state index is 0.101. The van der Waals surface area contributed by atoms with Crippen LogP contribution in [0.5, 0.6) is 5.75 Å². The van der Waals surface area contributed by atoms with Crippen LogP contribution in [0.25, 0.3) is 10.2 Å². The molecule has 2 aromatic carbocycles. The van der Waals surface area contributed by atoms with Crippen LogP contribution >= 0.6 is 11.3 Å². The van der Waals surface area contributed by atoms with Gasteiger partial charge in [0.05, 0.1) is 16.2 Å². The summed E-state index contributed by atoms with van der Waals surface area (Å²) in [6, 6.07) is 11.7. The number of aromatic nitrogens is 1. The Hall–Kier alpha value is -3.05. The van der Waals surface area contributed by atoms with E-state index >= 15 is 0 Å². The predicted octanol–water partition coefficient (Wildman–Crippen LogP) is 4.27. The summed E-state index contributed by atoms with van der Waals surface area (Å²) in [4.78, 5) is 22.1. The van der Waals surface area contributed by atoms with Crippen LogP contribution in [0.2, 0.25) is 0 Å². The van der Waals surface area contributed by atoms with Crippen molar-refractivity contribution in [3.05, 3.63) is 73.3 Å². The third-order valence-corrected chi connectivity index (χ3v) is 8.21. The van der Waals surface area contributed by atoms with Gasteiger partial charge in [-0.15, -0.1) is 13.2 Å². The average molecular weight is 529 g/mol. The Balaban J connectivity index is 1.95. The number of benzene rings is 2. The number of thiazole rings is 1. The molecule has 0 bridgehead atoms. The first-order chi connectivity index (χ1) is 17.2. The second-order valence-electron chi connectivity index (χ2n) is 8.22. The number of hydrogen-bond acceptors (Lipinski definition) is 7. The van der Waals surface area contributed by atoms with E-state index in [9.17, 15) is 13.2 Å². The highest BCUT2D eigenvalue weighted by molar-refractivity contribution is 7.89. The van der Waals surface area contributed by atoms with E-state index in [1.165, 1.54) is 52.1 Å². The Morgan fingerprint density at radius 3 is 2.31 bits per heavy atom. The summed E-state index contributed by atoms with van der Waals surface area (Å²) in [5, 5.41) is 0.559. The minimum Gasteiger partial charge on any atom is -0.492 e. The van der Waals surface area contributed by atoms with Gasteiger partial charge in [0.25, 0.3) is 5.91 Å². The van der Waals surface area contributed by atoms with Crippen molar-refractivity contribution in [2.24, 2.45) is 0 Å². The normalized spacial score (nSPS) is 11.7. The van der Waals surface area contributed by atoms with Gasteiger partial charge in [0.1, 0.15) is 11.3 Å². The third kappa shape index (κ3) is 6.19. The number of anilines is 1. The molecule has 0 unspecified atom stereocenters. The van der Waals surface area contributed by atoms with Gasteiger partial charge in [0.15, 0.2) is 5.13 Å². The first-order valence-electron chi connectivity index (χ1n) is 11.5. The Morgan fingerprint density at radius 1 is 1.06 bits per heavy atom. The van der Waals surface area contributed by atoms with Crippen LogP contribution in [0.1, 0.15) is 17.3 Å². The third-order valence-electron chi connectivity index (χ3n) is 5.32. The van der Waals surface area contributed by atoms with Crippen molar-refractivity contribution in [2.75, 3.05) is 51.8 Å². The van der Waals surface area contributed by atoms with Crippen molar-refractivity contribution in [3.63, 3.8) is 0 Å². The van der Waals surface area contributed by atoms with Crippen LogP contribution in [0.3, 0.4) is 0 Å². The molecule has 0 radical (unpaired) electrons. The maximum Gasteiger partial charge on any atom is 0.260 e. The summed E-state index contributed by atoms with van der Waals surface area (Å²) in [5.41, 5.74) is 1.09. The maximum atomic E-state index is 13.6. The molecular formula is C26H32N4O4S2. The van der Waals surface area contributed by atoms with Gasteiger partial charge in [0, 0.05) is 31.7 Å². The molecule has 3 aromatic rings. The van der Waals surface area contributed by atoms with E-state index in [0.717, 1.165) is 4.70 Å². The van der Waals surface area contributed by atoms with Crippen molar-refractivity contribution in [1.82, 2.24) is 14.2 Å². The fourth-order valence-electron chi connectivity index (χ4n) is 3.52. The molecule has 0 aliphatic rings. The summed E-state index contributed by atoms with van der Waals surface area (Å²) < 4.78 is 33.9. The molecule has 0 spiro atoms. The van der Waals surface area contributed by atoms with Crippen LogP contribution in [0.15, 0.2) is 72.7 Å². The maximum absolute atomic E-state index is 13.6. The lowest BCUT2D eigenvalue weighted by Gasteiger charge is -2.22. The molecule has 8 nitrogen and oxygen atoms in total. The van der Waals surface area contributed by atoms with E-state index < -0.39 is 10.0 Å². The molecular weight excluding hydrogens is 496 g/mol. The van der Waals surface area contributed by atoms with E-state index in [0.29, 0.717) is 41.7 Å². The number of hydrogen-bond donors (Lipinski definition) is 0. The van der Waals surface area contributed by atoms with Crippen LogP contribution in [0, 0.1) is 0 Å². The fraction of sp³-hybridized carbons (Fsp3) is 0.308. The molecule has 0 fully saturated rings. The topological polar surface area (TPSA) is 83.1 Å². The quantitative estimate of drug-likeness (QED) is 0.308. The fourth-order valence-corrected chi connectivity index (χ4v) is 5.91. The molecule has 10 heteroatoms. The molecule has 0 atom stereocenters. The molecule has 192 valence electrons. The molecule has 1 heterocycles. The number of carbonyl (C=O) groups excluding carboxylic acids is 1. The van der Waals surface area contributed by atoms with Crippen LogP contribution < -0.4 is 9.64 Å². The number of carbonyl (C=O) groups is 1. The molecule has 36 heavy (non-hydrogen) atoms. The van der Waals surface area contributed by atoms with E-state index in [-0.39, 0.29) is 23.9 Å². The van der Waals surface area contributed by atoms with Gasteiger partial charge >= 0.3 is 0 Å². The number of ether oxygens (including phenoxy) is 1. The zero-order valence-electron chi connectivity index (χ0n) is 20.9. The monoisotopic (exact) mass is 528 g/mol. The minimum atomic E-state index is -3.75. The number of sulfonamides is 1. The molecule has 0 saturated carbocycles. The summed E-state index contributed by atoms with van der Waals surface area (Å²) in [7, 11) is 0.119. The molecule has 3 rings (SSSR count). The zero-order valence-corrected chi connectivity index (χ0v) is 22.5. The van der Waals surface area contributed by atoms with E-state index in [4.69, 9.17) is 9.72 Å². The van der Waals surface area contributed by atoms with Gasteiger partial charge in [-0.3, -0.25) is 9.69 Å². The van der Waals surface area contributed by atoms with Crippen LogP contribution in [0.4, 0.5) is 5.13 Å². The Morgan fingerprint density at radius 2 is 1.72 bits per heavy atom. The van der Waals surface area contributed by atoms with E-state index in [2.05, 4.69) is 13.2 Å². The largest absolute Gasteiger partial charge is 0.492 e. The number of fused-ring (bicyclic) bond motifs is 1. The number of nitrogens with zero attached hydrogens (tertiary/aromatic N) is 4. The lowest BCUT2D eigenvalue weighted by atomic mass is 10.2. The van der Waals surface area contributed by atoms with E-state index in [1.807, 2.05) is 44.1 Å². The lowest BCUT2D eigenvalue weighted by Crippen LogP contribution is -2.36. The average Bonchev–Trinajstić information content (AvgIpc) is 3.29. The molecule has 0 saturated heterocycles. The highest BCUT2D eigenvalue weighted by Gasteiger charge is 2.25. The second-order valence-corrected chi connectivity index (χ2v) is 11.2. The highest BCUT2D eigenvalue weighted by atomic mass is 32.2. The lowest BCUT2D eigenvalue weighted by molar-refractivity contribution is 0.0985. The molecule has 0 aliphatic carbocycles. The molecule has 0 aliphatic heterocycles. The zero-order chi connectivity index (χ0) is 26.3. The molecule has 1 amide bonds. The van der Waals surface area contributed by atoms with Gasteiger partial charge in [0.2, 0.25) is 10.0 Å².